The average Bonchev–Trinajstić information content (AvgIpc) is 2.10. The Morgan fingerprint density at radius 3 is 2.79 bits per heavy atom. The Morgan fingerprint density at radius 1 is 1.64 bits per heavy atom. The highest BCUT2D eigenvalue weighted by atomic mass is 35.5. The van der Waals surface area contributed by atoms with Crippen molar-refractivity contribution in [2.45, 2.75) is 19.8 Å². The van der Waals surface area contributed by atoms with Crippen molar-refractivity contribution < 1.29 is 8.78 Å². The van der Waals surface area contributed by atoms with Crippen LogP contribution in [0.4, 0.5) is 8.78 Å². The first kappa shape index (κ1) is 10.9. The Bertz CT molecular complexity index is 385. The highest BCUT2D eigenvalue weighted by Gasteiger charge is 2.18. The first-order valence-electron chi connectivity index (χ1n) is 3.87. The number of hydrogen-bond donors (Lipinski definition) is 0. The smallest absolute Gasteiger partial charge is 0.258 e. The highest BCUT2D eigenvalue weighted by Crippen LogP contribution is 2.31. The van der Waals surface area contributed by atoms with Gasteiger partial charge in [-0.1, -0.05) is 11.6 Å². The molecule has 0 atom stereocenters. The van der Waals surface area contributed by atoms with E-state index in [1.807, 2.05) is 6.07 Å². The van der Waals surface area contributed by atoms with Gasteiger partial charge in [0.05, 0.1) is 23.2 Å². The number of aryl methyl sites for hydroxylation is 1. The molecule has 2 nitrogen and oxygen atoms in total. The van der Waals surface area contributed by atoms with Crippen LogP contribution >= 0.6 is 11.6 Å². The zero-order valence-corrected chi connectivity index (χ0v) is 8.15. The standard InChI is InChI=1S/C9H7ClF2N2/c1-5-4-14-6(2-3-13)8(10)7(5)9(11)12/h4,9H,2H2,1H3. The van der Waals surface area contributed by atoms with E-state index in [9.17, 15) is 8.78 Å². The van der Waals surface area contributed by atoms with Crippen LogP contribution in [0.25, 0.3) is 0 Å². The molecule has 74 valence electrons. The molecule has 0 fully saturated rings. The van der Waals surface area contributed by atoms with Crippen LogP contribution in [0, 0.1) is 18.3 Å². The van der Waals surface area contributed by atoms with Gasteiger partial charge in [-0.25, -0.2) is 8.78 Å². The number of aromatic nitrogens is 1. The number of halogens is 3. The van der Waals surface area contributed by atoms with Gasteiger partial charge in [-0.3, -0.25) is 4.98 Å². The molecule has 14 heavy (non-hydrogen) atoms. The number of pyridine rings is 1. The molecule has 1 rings (SSSR count). The Labute approximate surface area is 85.1 Å². The molecule has 0 spiro atoms. The van der Waals surface area contributed by atoms with Crippen molar-refractivity contribution in [3.63, 3.8) is 0 Å². The van der Waals surface area contributed by atoms with E-state index in [2.05, 4.69) is 4.98 Å². The zero-order chi connectivity index (χ0) is 10.7. The minimum absolute atomic E-state index is 0.0567. The van der Waals surface area contributed by atoms with Crippen molar-refractivity contribution in [2.75, 3.05) is 0 Å². The first-order valence-corrected chi connectivity index (χ1v) is 4.24. The Hall–Kier alpha value is -1.21. The molecule has 0 bridgehead atoms. The molecule has 1 heterocycles. The minimum atomic E-state index is -2.64. The van der Waals surface area contributed by atoms with Gasteiger partial charge in [-0.05, 0) is 12.5 Å². The van der Waals surface area contributed by atoms with Crippen molar-refractivity contribution in [1.29, 1.82) is 5.26 Å². The van der Waals surface area contributed by atoms with Crippen molar-refractivity contribution in [1.82, 2.24) is 4.98 Å². The van der Waals surface area contributed by atoms with E-state index in [1.165, 1.54) is 13.1 Å². The molecule has 0 radical (unpaired) electrons. The second-order valence-corrected chi connectivity index (χ2v) is 3.13. The van der Waals surface area contributed by atoms with Gasteiger partial charge in [0.25, 0.3) is 6.43 Å². The second-order valence-electron chi connectivity index (χ2n) is 2.75. The van der Waals surface area contributed by atoms with E-state index >= 15 is 0 Å². The lowest BCUT2D eigenvalue weighted by Gasteiger charge is -2.08. The maximum atomic E-state index is 12.5. The molecule has 0 aliphatic carbocycles. The molecular formula is C9H7ClF2N2. The molecular weight excluding hydrogens is 210 g/mol. The van der Waals surface area contributed by atoms with E-state index in [-0.39, 0.29) is 22.7 Å². The Morgan fingerprint density at radius 2 is 2.29 bits per heavy atom. The van der Waals surface area contributed by atoms with Crippen LogP contribution in [0.2, 0.25) is 5.02 Å². The lowest BCUT2D eigenvalue weighted by atomic mass is 10.1. The summed E-state index contributed by atoms with van der Waals surface area (Å²) in [6, 6.07) is 1.82. The average molecular weight is 217 g/mol. The largest absolute Gasteiger partial charge is 0.265 e. The fourth-order valence-electron chi connectivity index (χ4n) is 1.10. The minimum Gasteiger partial charge on any atom is -0.258 e. The normalized spacial score (nSPS) is 10.3. The summed E-state index contributed by atoms with van der Waals surface area (Å²) in [7, 11) is 0. The Kier molecular flexibility index (Phi) is 3.37. The molecule has 0 aromatic carbocycles. The molecule has 0 aliphatic rings. The van der Waals surface area contributed by atoms with Gasteiger partial charge in [-0.2, -0.15) is 5.26 Å². The number of hydrogen-bond acceptors (Lipinski definition) is 2. The van der Waals surface area contributed by atoms with Crippen LogP contribution in [0.5, 0.6) is 0 Å². The lowest BCUT2D eigenvalue weighted by Crippen LogP contribution is -1.98. The molecule has 0 N–H and O–H groups in total. The summed E-state index contributed by atoms with van der Waals surface area (Å²) in [5.74, 6) is 0. The summed E-state index contributed by atoms with van der Waals surface area (Å²) in [5.41, 5.74) is 0.314. The zero-order valence-electron chi connectivity index (χ0n) is 7.39. The Balaban J connectivity index is 3.28. The lowest BCUT2D eigenvalue weighted by molar-refractivity contribution is 0.150. The van der Waals surface area contributed by atoms with E-state index in [0.717, 1.165) is 0 Å². The van der Waals surface area contributed by atoms with Gasteiger partial charge in [0.1, 0.15) is 0 Å². The van der Waals surface area contributed by atoms with Gasteiger partial charge >= 0.3 is 0 Å². The number of nitrogens with zero attached hydrogens (tertiary/aromatic N) is 2. The maximum Gasteiger partial charge on any atom is 0.265 e. The van der Waals surface area contributed by atoms with E-state index in [1.54, 1.807) is 0 Å². The van der Waals surface area contributed by atoms with E-state index < -0.39 is 6.43 Å². The summed E-state index contributed by atoms with van der Waals surface area (Å²) < 4.78 is 25.0. The van der Waals surface area contributed by atoms with Crippen LogP contribution in [0.3, 0.4) is 0 Å². The van der Waals surface area contributed by atoms with E-state index in [4.69, 9.17) is 16.9 Å². The van der Waals surface area contributed by atoms with Crippen molar-refractivity contribution in [2.24, 2.45) is 0 Å². The van der Waals surface area contributed by atoms with Gasteiger partial charge in [0.15, 0.2) is 0 Å². The van der Waals surface area contributed by atoms with Crippen molar-refractivity contribution >= 4 is 11.6 Å². The summed E-state index contributed by atoms with van der Waals surface area (Å²) in [4.78, 5) is 3.82. The first-order chi connectivity index (χ1) is 6.57. The number of alkyl halides is 2. The molecule has 0 amide bonds. The van der Waals surface area contributed by atoms with Crippen molar-refractivity contribution in [3.8, 4) is 6.07 Å². The predicted octanol–water partition coefficient (Wildman–Crippen LogP) is 3.05. The monoisotopic (exact) mass is 216 g/mol. The fraction of sp³-hybridized carbons (Fsp3) is 0.333. The number of rotatable bonds is 2. The topological polar surface area (TPSA) is 36.7 Å². The van der Waals surface area contributed by atoms with Crippen LogP contribution < -0.4 is 0 Å². The van der Waals surface area contributed by atoms with Crippen LogP contribution in [0.15, 0.2) is 6.20 Å². The van der Waals surface area contributed by atoms with Gasteiger partial charge in [0.2, 0.25) is 0 Å². The molecule has 0 aliphatic heterocycles. The maximum absolute atomic E-state index is 12.5. The van der Waals surface area contributed by atoms with Gasteiger partial charge in [0, 0.05) is 11.8 Å². The fourth-order valence-corrected chi connectivity index (χ4v) is 1.44. The SMILES string of the molecule is Cc1cnc(CC#N)c(Cl)c1C(F)F. The highest BCUT2D eigenvalue weighted by molar-refractivity contribution is 6.32. The predicted molar refractivity (Wildman–Crippen MR) is 48.3 cm³/mol. The third-order valence-electron chi connectivity index (χ3n) is 1.79. The summed E-state index contributed by atoms with van der Waals surface area (Å²) >= 11 is 5.69. The third-order valence-corrected chi connectivity index (χ3v) is 2.22. The molecule has 0 saturated carbocycles. The quantitative estimate of drug-likeness (QED) is 0.762. The number of nitriles is 1. The van der Waals surface area contributed by atoms with Crippen LogP contribution in [-0.2, 0) is 6.42 Å². The van der Waals surface area contributed by atoms with Crippen LogP contribution in [-0.4, -0.2) is 4.98 Å². The molecule has 1 aromatic heterocycles. The van der Waals surface area contributed by atoms with E-state index in [0.29, 0.717) is 5.56 Å². The molecule has 1 aromatic rings. The van der Waals surface area contributed by atoms with Crippen LogP contribution in [0.1, 0.15) is 23.2 Å². The molecule has 0 saturated heterocycles. The summed E-state index contributed by atoms with van der Waals surface area (Å²) in [6.07, 6.45) is -1.39. The van der Waals surface area contributed by atoms with Gasteiger partial charge in [-0.15, -0.1) is 0 Å². The second kappa shape index (κ2) is 4.34. The summed E-state index contributed by atoms with van der Waals surface area (Å²) in [5, 5.41) is 8.31. The summed E-state index contributed by atoms with van der Waals surface area (Å²) in [6.45, 7) is 1.51. The van der Waals surface area contributed by atoms with Gasteiger partial charge < -0.3 is 0 Å². The molecule has 0 unspecified atom stereocenters. The molecule has 5 heteroatoms. The van der Waals surface area contributed by atoms with Crippen molar-refractivity contribution in [3.05, 3.63) is 28.0 Å². The third kappa shape index (κ3) is 1.99.